The minimum atomic E-state index is -0.0434. The summed E-state index contributed by atoms with van der Waals surface area (Å²) in [6.07, 6.45) is 33.3. The zero-order chi connectivity index (χ0) is 78.4. The van der Waals surface area contributed by atoms with Crippen LogP contribution in [0.1, 0.15) is 153 Å². The predicted octanol–water partition coefficient (Wildman–Crippen LogP) is 13.5. The molecule has 20 nitrogen and oxygen atoms in total. The molecule has 1 N–H and O–H groups in total. The smallest absolute Gasteiger partial charge is 0.308 e. The first-order chi connectivity index (χ1) is 55.3. The Bertz CT molecular complexity index is 4800. The second-order valence-electron chi connectivity index (χ2n) is 31.4. The van der Waals surface area contributed by atoms with Crippen LogP contribution in [-0.4, -0.2) is 203 Å². The topological polar surface area (TPSA) is 186 Å². The summed E-state index contributed by atoms with van der Waals surface area (Å²) in [5.41, 5.74) is 21.0. The van der Waals surface area contributed by atoms with Gasteiger partial charge in [0, 0.05) is 132 Å². The molecule has 5 saturated heterocycles. The van der Waals surface area contributed by atoms with E-state index < -0.39 is 0 Å². The molecule has 592 valence electrons. The summed E-state index contributed by atoms with van der Waals surface area (Å²) >= 11 is 0. The number of ether oxygens (including phenoxy) is 1. The summed E-state index contributed by atoms with van der Waals surface area (Å²) in [6.45, 7) is 15.3. The number of aryl methyl sites for hydroxylation is 8. The molecule has 0 bridgehead atoms. The van der Waals surface area contributed by atoms with E-state index in [1.807, 2.05) is 66.1 Å². The predicted molar refractivity (Wildman–Crippen MR) is 448 cm³/mol. The number of imidazole rings is 5. The van der Waals surface area contributed by atoms with Crippen LogP contribution in [0.3, 0.4) is 0 Å². The average molecular weight is 1520 g/mol. The van der Waals surface area contributed by atoms with Gasteiger partial charge in [-0.25, -0.2) is 24.9 Å². The highest BCUT2D eigenvalue weighted by Crippen LogP contribution is 2.40. The first-order valence-electron chi connectivity index (χ1n) is 41.0. The van der Waals surface area contributed by atoms with Crippen LogP contribution in [0.2, 0.25) is 0 Å². The van der Waals surface area contributed by atoms with Crippen LogP contribution < -0.4 is 0 Å². The van der Waals surface area contributed by atoms with Crippen molar-refractivity contribution in [2.75, 3.05) is 108 Å². The molecule has 10 aromatic rings. The molecule has 5 aromatic carbocycles. The molecule has 0 unspecified atom stereocenters. The van der Waals surface area contributed by atoms with E-state index in [0.717, 1.165) is 218 Å². The van der Waals surface area contributed by atoms with E-state index in [0.29, 0.717) is 11.5 Å². The normalized spacial score (nSPS) is 17.6. The number of aromatic nitrogens is 10. The Morgan fingerprint density at radius 2 is 0.894 bits per heavy atom. The minimum absolute atomic E-state index is 0.0434. The van der Waals surface area contributed by atoms with Crippen LogP contribution in [0.4, 0.5) is 0 Å². The molecule has 0 atom stereocenters. The van der Waals surface area contributed by atoms with Gasteiger partial charge in [0.25, 0.3) is 0 Å². The van der Waals surface area contributed by atoms with Crippen LogP contribution in [0.25, 0.3) is 16.7 Å². The third kappa shape index (κ3) is 20.9. The van der Waals surface area contributed by atoms with Crippen molar-refractivity contribution in [2.24, 2.45) is 11.8 Å². The summed E-state index contributed by atoms with van der Waals surface area (Å²) < 4.78 is 15.4. The van der Waals surface area contributed by atoms with Gasteiger partial charge in [0.1, 0.15) is 23.2 Å². The molecule has 0 aliphatic carbocycles. The number of fused-ring (bicyclic) bond motifs is 6. The third-order valence-corrected chi connectivity index (χ3v) is 23.8. The maximum absolute atomic E-state index is 12.7. The molecule has 0 saturated carbocycles. The van der Waals surface area contributed by atoms with Crippen molar-refractivity contribution in [3.63, 3.8) is 0 Å². The van der Waals surface area contributed by atoms with Crippen molar-refractivity contribution >= 4 is 34.8 Å². The molecular weight excluding hydrogens is 1410 g/mol. The van der Waals surface area contributed by atoms with Crippen molar-refractivity contribution in [1.29, 1.82) is 0 Å². The van der Waals surface area contributed by atoms with E-state index in [-0.39, 0.29) is 30.2 Å². The number of carbonyl (C=O) groups is 3. The molecule has 18 rings (SSSR count). The molecule has 8 aliphatic heterocycles. The van der Waals surface area contributed by atoms with Gasteiger partial charge in [-0.3, -0.25) is 14.4 Å². The summed E-state index contributed by atoms with van der Waals surface area (Å²) in [5, 5.41) is 9.64. The van der Waals surface area contributed by atoms with Crippen molar-refractivity contribution < 1.29 is 24.2 Å². The molecule has 8 aliphatic rings. The zero-order valence-corrected chi connectivity index (χ0v) is 67.3. The average Bonchev–Trinajstić information content (AvgIpc) is 1.65. The molecular formula is C93H115N15O5. The number of aldehydes is 1. The van der Waals surface area contributed by atoms with E-state index in [1.165, 1.54) is 85.3 Å². The Hall–Kier alpha value is -10.1. The number of benzene rings is 5. The number of piperidine rings is 5. The lowest BCUT2D eigenvalue weighted by atomic mass is 9.90. The van der Waals surface area contributed by atoms with Crippen LogP contribution in [0, 0.1) is 11.8 Å². The van der Waals surface area contributed by atoms with E-state index in [1.54, 1.807) is 18.0 Å². The quantitative estimate of drug-likeness (QED) is 0.0732. The van der Waals surface area contributed by atoms with Crippen molar-refractivity contribution in [1.82, 2.24) is 72.3 Å². The molecule has 113 heavy (non-hydrogen) atoms. The zero-order valence-electron chi connectivity index (χ0n) is 67.3. The summed E-state index contributed by atoms with van der Waals surface area (Å²) in [5.74, 6) is 4.26. The highest BCUT2D eigenvalue weighted by molar-refractivity contribution is 5.95. The number of hydrogen-bond donors (Lipinski definition) is 1. The first kappa shape index (κ1) is 81.0. The number of aliphatic hydroxyl groups is 1. The lowest BCUT2D eigenvalue weighted by Crippen LogP contribution is -2.34. The Labute approximate surface area is 668 Å². The van der Waals surface area contributed by atoms with Crippen molar-refractivity contribution in [3.8, 4) is 0 Å². The lowest BCUT2D eigenvalue weighted by Gasteiger charge is -2.27. The van der Waals surface area contributed by atoms with Crippen LogP contribution in [0.15, 0.2) is 206 Å². The lowest BCUT2D eigenvalue weighted by molar-refractivity contribution is -0.146. The summed E-state index contributed by atoms with van der Waals surface area (Å²) in [6, 6.07) is 47.1. The van der Waals surface area contributed by atoms with Crippen LogP contribution in [0.5, 0.6) is 0 Å². The number of rotatable bonds is 11. The van der Waals surface area contributed by atoms with Gasteiger partial charge in [-0.05, 0) is 202 Å². The molecule has 0 amide bonds. The molecule has 5 aromatic heterocycles. The Kier molecular flexibility index (Phi) is 28.7. The number of likely N-dealkylation sites (tertiary alicyclic amines) is 5. The standard InChI is InChI=1S/C19H23N3O.C19H21N3O.C18H23N3O.C18H21N3.C11H12N2.C8H15NO2/c2*1-21-9-6-15(7-10-21)18-17-5-3-2-4-14(17)8-11-22-16(13-23)12-20-19(18)22;1-20-11-8-16(9-12-20)17(22)18-19-10-14-21(18)13-7-15-5-3-2-4-6-15;1-20-10-6-15(7-11-20)17-16-5-3-2-4-14(16)8-12-21-13-9-19-18(17)21;1-2-4-11(5-3-1)6-8-13-9-7-12-10-13;1-9-5-3-7(4-6-9)8(10)11-2/h2-5,12,23H,6-11,13H2,1H3;2-5,12-13H,6-11H2,1H3;2-6,10,14,16H,7-9,11-13H2,1H3;2-5,9,13H,6-8,10-12H2,1H3;1-5,7,9-10H,6,8H2;7H,3-6H2,1-2H3. The molecule has 0 radical (unpaired) electrons. The second kappa shape index (κ2) is 40.1. The Balaban J connectivity index is 0.000000121. The SMILES string of the molecule is CN1CCC(=C2c3ccccc3CCn3c(C=O)cnc32)CC1.CN1CCC(=C2c3ccccc3CCn3c(CO)cnc32)CC1.CN1CCC(=C2c3ccccc3CCn3ccnc32)CC1.CN1CCC(C(=O)c2nccn2CCc2ccccc2)CC1.COC(=O)C1CCN(C)CC1.c1ccc(CCn2ccnc2)cc1. The van der Waals surface area contributed by atoms with Gasteiger partial charge in [-0.2, -0.15) is 0 Å². The molecule has 20 heteroatoms. The maximum atomic E-state index is 12.7. The Morgan fingerprint density at radius 1 is 0.451 bits per heavy atom. The number of nitrogens with zero attached hydrogens (tertiary/aromatic N) is 15. The fourth-order valence-corrected chi connectivity index (χ4v) is 16.9. The monoisotopic (exact) mass is 1520 g/mol. The summed E-state index contributed by atoms with van der Waals surface area (Å²) in [4.78, 5) is 69.1. The fraction of sp³-hybridized carbons (Fsp3) is 0.419. The number of methoxy groups -OCH3 is 1. The third-order valence-electron chi connectivity index (χ3n) is 23.8. The fourth-order valence-electron chi connectivity index (χ4n) is 16.9. The van der Waals surface area contributed by atoms with Gasteiger partial charge >= 0.3 is 5.97 Å². The first-order valence-corrected chi connectivity index (χ1v) is 41.0. The van der Waals surface area contributed by atoms with Gasteiger partial charge in [-0.15, -0.1) is 0 Å². The number of esters is 1. The highest BCUT2D eigenvalue weighted by Gasteiger charge is 2.31. The van der Waals surface area contributed by atoms with Gasteiger partial charge in [0.05, 0.1) is 44.0 Å². The van der Waals surface area contributed by atoms with Crippen molar-refractivity contribution in [2.45, 2.75) is 136 Å². The number of aliphatic hydroxyl groups excluding tert-OH is 1. The van der Waals surface area contributed by atoms with E-state index in [2.05, 4.69) is 218 Å². The molecule has 13 heterocycles. The van der Waals surface area contributed by atoms with Gasteiger partial charge in [0.2, 0.25) is 5.78 Å². The Morgan fingerprint density at radius 3 is 1.39 bits per heavy atom. The molecule has 5 fully saturated rings. The number of carbonyl (C=O) groups excluding carboxylic acids is 3. The van der Waals surface area contributed by atoms with Crippen LogP contribution in [-0.2, 0) is 81.0 Å². The number of ketones is 1. The van der Waals surface area contributed by atoms with Gasteiger partial charge < -0.3 is 57.2 Å². The van der Waals surface area contributed by atoms with Gasteiger partial charge in [-0.1, -0.05) is 150 Å². The largest absolute Gasteiger partial charge is 0.469 e. The summed E-state index contributed by atoms with van der Waals surface area (Å²) in [7, 11) is 12.2. The van der Waals surface area contributed by atoms with E-state index in [4.69, 9.17) is 4.98 Å². The highest BCUT2D eigenvalue weighted by atomic mass is 16.5. The van der Waals surface area contributed by atoms with Gasteiger partial charge in [0.15, 0.2) is 12.1 Å². The number of Topliss-reactive ketones (excluding diaryl/α,β-unsaturated/α-hetero) is 1. The number of hydrogen-bond acceptors (Lipinski definition) is 15. The van der Waals surface area contributed by atoms with E-state index >= 15 is 0 Å². The van der Waals surface area contributed by atoms with Crippen molar-refractivity contribution in [3.05, 3.63) is 285 Å². The molecule has 0 spiro atoms. The van der Waals surface area contributed by atoms with Crippen LogP contribution >= 0.6 is 0 Å². The second-order valence-corrected chi connectivity index (χ2v) is 31.4. The van der Waals surface area contributed by atoms with E-state index in [9.17, 15) is 19.5 Å². The maximum Gasteiger partial charge on any atom is 0.308 e. The minimum Gasteiger partial charge on any atom is -0.469 e.